The molecule has 2 aliphatic heterocycles. The van der Waals surface area contributed by atoms with Crippen LogP contribution in [0.3, 0.4) is 0 Å². The Morgan fingerprint density at radius 1 is 0.923 bits per heavy atom. The largest absolute Gasteiger partial charge is 0.490 e. The van der Waals surface area contributed by atoms with E-state index in [1.54, 1.807) is 0 Å². The number of aromatic nitrogens is 5. The number of carboxylic acids is 2. The van der Waals surface area contributed by atoms with E-state index in [4.69, 9.17) is 19.8 Å². The summed E-state index contributed by atoms with van der Waals surface area (Å²) >= 11 is 2.04. The first-order chi connectivity index (χ1) is 18.3. The molecule has 0 spiro atoms. The van der Waals surface area contributed by atoms with Crippen molar-refractivity contribution in [3.63, 3.8) is 0 Å². The van der Waals surface area contributed by atoms with Crippen molar-refractivity contribution in [3.8, 4) is 0 Å². The molecule has 4 heterocycles. The second kappa shape index (κ2) is 14.9. The number of nitrogens with zero attached hydrogens (tertiary/aromatic N) is 7. The van der Waals surface area contributed by atoms with E-state index in [1.807, 2.05) is 34.9 Å². The van der Waals surface area contributed by atoms with Crippen molar-refractivity contribution in [3.05, 3.63) is 30.4 Å². The van der Waals surface area contributed by atoms with Gasteiger partial charge in [-0.3, -0.25) is 9.58 Å². The molecule has 2 N–H and O–H groups in total. The predicted molar refractivity (Wildman–Crippen MR) is 127 cm³/mol. The summed E-state index contributed by atoms with van der Waals surface area (Å²) in [4.78, 5) is 31.2. The smallest absolute Gasteiger partial charge is 0.475 e. The number of thioether (sulfide) groups is 1. The van der Waals surface area contributed by atoms with Gasteiger partial charge < -0.3 is 15.1 Å². The number of piperidine rings is 1. The van der Waals surface area contributed by atoms with Crippen LogP contribution in [0.25, 0.3) is 0 Å². The van der Waals surface area contributed by atoms with Gasteiger partial charge in [0.05, 0.1) is 5.69 Å². The number of rotatable bonds is 5. The Hall–Kier alpha value is -3.15. The zero-order valence-electron chi connectivity index (χ0n) is 20.5. The number of carboxylic acid groups (broad SMARTS) is 2. The summed E-state index contributed by atoms with van der Waals surface area (Å²) in [5, 5.41) is 23.0. The molecule has 0 radical (unpaired) electrons. The summed E-state index contributed by atoms with van der Waals surface area (Å²) in [7, 11) is 0. The SMILES string of the molecule is O=C(O)C(F)(F)F.O=C(O)C(F)(F)F.c1cnc(N2CCC(Cn3cc(CN4CCSCC4)nn3)CC2)nc1. The third kappa shape index (κ3) is 12.1. The second-order valence-electron chi connectivity index (χ2n) is 8.41. The van der Waals surface area contributed by atoms with Gasteiger partial charge in [0.1, 0.15) is 0 Å². The molecule has 0 unspecified atom stereocenters. The molecule has 11 nitrogen and oxygen atoms in total. The molecule has 0 saturated carbocycles. The van der Waals surface area contributed by atoms with Crippen LogP contribution in [0.2, 0.25) is 0 Å². The van der Waals surface area contributed by atoms with Crippen molar-refractivity contribution in [1.82, 2.24) is 29.9 Å². The molecule has 218 valence electrons. The Morgan fingerprint density at radius 2 is 1.44 bits per heavy atom. The molecule has 2 aromatic heterocycles. The van der Waals surface area contributed by atoms with Gasteiger partial charge in [-0.05, 0) is 24.8 Å². The van der Waals surface area contributed by atoms with E-state index in [9.17, 15) is 26.3 Å². The van der Waals surface area contributed by atoms with Gasteiger partial charge in [0.2, 0.25) is 5.95 Å². The molecule has 0 aromatic carbocycles. The molecule has 2 fully saturated rings. The number of hydrogen-bond acceptors (Lipinski definition) is 9. The van der Waals surface area contributed by atoms with E-state index in [0.29, 0.717) is 5.92 Å². The average molecular weight is 588 g/mol. The minimum Gasteiger partial charge on any atom is -0.475 e. The first kappa shape index (κ1) is 32.1. The number of anilines is 1. The lowest BCUT2D eigenvalue weighted by molar-refractivity contribution is -0.193. The first-order valence-electron chi connectivity index (χ1n) is 11.6. The van der Waals surface area contributed by atoms with Crippen LogP contribution in [0.5, 0.6) is 0 Å². The van der Waals surface area contributed by atoms with E-state index in [0.717, 1.165) is 63.8 Å². The molecule has 0 bridgehead atoms. The van der Waals surface area contributed by atoms with Crippen molar-refractivity contribution in [2.45, 2.75) is 38.3 Å². The molecule has 4 rings (SSSR count). The quantitative estimate of drug-likeness (QED) is 0.500. The topological polar surface area (TPSA) is 138 Å². The molecule has 0 atom stereocenters. The van der Waals surface area contributed by atoms with Crippen LogP contribution in [0, 0.1) is 5.92 Å². The van der Waals surface area contributed by atoms with Gasteiger partial charge >= 0.3 is 24.3 Å². The zero-order chi connectivity index (χ0) is 29.1. The van der Waals surface area contributed by atoms with Gasteiger partial charge in [-0.25, -0.2) is 19.6 Å². The molecule has 2 aliphatic rings. The van der Waals surface area contributed by atoms with Gasteiger partial charge in [-0.2, -0.15) is 38.1 Å². The molecular formula is C21H27F6N7O4S. The van der Waals surface area contributed by atoms with Gasteiger partial charge in [0.25, 0.3) is 0 Å². The van der Waals surface area contributed by atoms with Gasteiger partial charge in [-0.1, -0.05) is 5.21 Å². The molecule has 18 heteroatoms. The van der Waals surface area contributed by atoms with Crippen LogP contribution in [-0.4, -0.2) is 102 Å². The van der Waals surface area contributed by atoms with Gasteiger partial charge in [-0.15, -0.1) is 5.10 Å². The van der Waals surface area contributed by atoms with Crippen LogP contribution in [0.15, 0.2) is 24.7 Å². The third-order valence-electron chi connectivity index (χ3n) is 5.46. The van der Waals surface area contributed by atoms with Crippen LogP contribution < -0.4 is 4.90 Å². The maximum Gasteiger partial charge on any atom is 0.490 e. The normalized spacial score (nSPS) is 16.9. The lowest BCUT2D eigenvalue weighted by atomic mass is 9.97. The average Bonchev–Trinajstić information content (AvgIpc) is 3.32. The zero-order valence-corrected chi connectivity index (χ0v) is 21.3. The van der Waals surface area contributed by atoms with Gasteiger partial charge in [0, 0.05) is 69.4 Å². The van der Waals surface area contributed by atoms with Crippen molar-refractivity contribution in [2.24, 2.45) is 5.92 Å². The van der Waals surface area contributed by atoms with Crippen LogP contribution in [0.1, 0.15) is 18.5 Å². The minimum atomic E-state index is -5.08. The fraction of sp³-hybridized carbons (Fsp3) is 0.619. The summed E-state index contributed by atoms with van der Waals surface area (Å²) in [6, 6.07) is 1.86. The predicted octanol–water partition coefficient (Wildman–Crippen LogP) is 2.80. The van der Waals surface area contributed by atoms with E-state index in [2.05, 4.69) is 36.3 Å². The molecule has 39 heavy (non-hydrogen) atoms. The standard InChI is InChI=1S/C17H25N7S.2C2HF3O2/c1-4-18-17(19-5-1)23-6-2-15(3-7-23)12-24-14-16(20-21-24)13-22-8-10-25-11-9-22;2*3-2(4,5)1(6)7/h1,4-5,14-15H,2-3,6-13H2;2*(H,6,7). The Balaban J connectivity index is 0.000000317. The highest BCUT2D eigenvalue weighted by Gasteiger charge is 2.38. The maximum absolute atomic E-state index is 10.6. The fourth-order valence-electron chi connectivity index (χ4n) is 3.52. The maximum atomic E-state index is 10.6. The summed E-state index contributed by atoms with van der Waals surface area (Å²) in [6.45, 7) is 6.26. The highest BCUT2D eigenvalue weighted by molar-refractivity contribution is 7.99. The lowest BCUT2D eigenvalue weighted by Gasteiger charge is -2.31. The number of alkyl halides is 6. The van der Waals surface area contributed by atoms with Crippen molar-refractivity contribution in [2.75, 3.05) is 42.6 Å². The van der Waals surface area contributed by atoms with E-state index >= 15 is 0 Å². The molecule has 0 amide bonds. The van der Waals surface area contributed by atoms with Crippen LogP contribution in [-0.2, 0) is 22.7 Å². The number of carbonyl (C=O) groups is 2. The third-order valence-corrected chi connectivity index (χ3v) is 6.40. The van der Waals surface area contributed by atoms with E-state index in [-0.39, 0.29) is 0 Å². The van der Waals surface area contributed by atoms with Crippen molar-refractivity contribution in [1.29, 1.82) is 0 Å². The molecule has 0 aliphatic carbocycles. The first-order valence-corrected chi connectivity index (χ1v) is 12.7. The summed E-state index contributed by atoms with van der Waals surface area (Å²) in [5.41, 5.74) is 1.10. The lowest BCUT2D eigenvalue weighted by Crippen LogP contribution is -2.36. The Kier molecular flexibility index (Phi) is 12.2. The van der Waals surface area contributed by atoms with Gasteiger partial charge in [0.15, 0.2) is 0 Å². The molecular weight excluding hydrogens is 560 g/mol. The van der Waals surface area contributed by atoms with Crippen LogP contribution in [0.4, 0.5) is 32.3 Å². The molecule has 2 aromatic rings. The summed E-state index contributed by atoms with van der Waals surface area (Å²) in [6.07, 6.45) is -2.11. The monoisotopic (exact) mass is 587 g/mol. The minimum absolute atomic E-state index is 0.654. The number of hydrogen-bond donors (Lipinski definition) is 2. The second-order valence-corrected chi connectivity index (χ2v) is 9.63. The molecule has 2 saturated heterocycles. The van der Waals surface area contributed by atoms with E-state index < -0.39 is 24.3 Å². The van der Waals surface area contributed by atoms with E-state index in [1.165, 1.54) is 11.5 Å². The number of halogens is 6. The highest BCUT2D eigenvalue weighted by atomic mass is 32.2. The summed E-state index contributed by atoms with van der Waals surface area (Å²) in [5.74, 6) is -1.54. The summed E-state index contributed by atoms with van der Waals surface area (Å²) < 4.78 is 65.5. The van der Waals surface area contributed by atoms with Crippen molar-refractivity contribution < 1.29 is 46.1 Å². The Morgan fingerprint density at radius 3 is 1.92 bits per heavy atom. The fourth-order valence-corrected chi connectivity index (χ4v) is 4.50. The number of aliphatic carboxylic acids is 2. The van der Waals surface area contributed by atoms with Crippen molar-refractivity contribution >= 4 is 29.6 Å². The Bertz CT molecular complexity index is 1000. The highest BCUT2D eigenvalue weighted by Crippen LogP contribution is 2.22. The Labute approximate surface area is 223 Å². The van der Waals surface area contributed by atoms with Crippen LogP contribution >= 0.6 is 11.8 Å².